The second kappa shape index (κ2) is 8.59. The zero-order valence-corrected chi connectivity index (χ0v) is 15.8. The van der Waals surface area contributed by atoms with Gasteiger partial charge >= 0.3 is 5.97 Å². The van der Waals surface area contributed by atoms with E-state index in [1.54, 1.807) is 13.0 Å². The number of sulfonamides is 1. The normalized spacial score (nSPS) is 18.8. The van der Waals surface area contributed by atoms with Gasteiger partial charge in [0.1, 0.15) is 10.9 Å². The minimum absolute atomic E-state index is 0.130. The molecule has 2 rings (SSSR count). The molecule has 2 N–H and O–H groups in total. The second-order valence-electron chi connectivity index (χ2n) is 6.58. The number of carboxylic acids is 1. The van der Waals surface area contributed by atoms with Crippen LogP contribution in [0, 0.1) is 11.8 Å². The first-order valence-electron chi connectivity index (χ1n) is 8.70. The molecule has 1 fully saturated rings. The highest BCUT2D eigenvalue weighted by atomic mass is 32.2. The number of piperidine rings is 1. The van der Waals surface area contributed by atoms with Gasteiger partial charge in [0.2, 0.25) is 15.9 Å². The van der Waals surface area contributed by atoms with E-state index in [1.807, 2.05) is 6.92 Å². The summed E-state index contributed by atoms with van der Waals surface area (Å²) in [4.78, 5) is 27.7. The van der Waals surface area contributed by atoms with Gasteiger partial charge < -0.3 is 10.4 Å². The minimum Gasteiger partial charge on any atom is -0.480 e. The summed E-state index contributed by atoms with van der Waals surface area (Å²) < 4.78 is 26.5. The van der Waals surface area contributed by atoms with Crippen LogP contribution in [0.3, 0.4) is 0 Å². The summed E-state index contributed by atoms with van der Waals surface area (Å²) in [5, 5.41) is 11.9. The lowest BCUT2D eigenvalue weighted by atomic mass is 9.94. The molecule has 1 amide bonds. The highest BCUT2D eigenvalue weighted by molar-refractivity contribution is 7.89. The van der Waals surface area contributed by atoms with Gasteiger partial charge in [-0.25, -0.2) is 13.2 Å². The van der Waals surface area contributed by atoms with Gasteiger partial charge in [0.05, 0.1) is 0 Å². The molecule has 9 heteroatoms. The number of carbonyl (C=O) groups is 2. The molecule has 1 aliphatic rings. The first kappa shape index (κ1) is 20.3. The molecule has 144 valence electrons. The fourth-order valence-electron chi connectivity index (χ4n) is 2.96. The van der Waals surface area contributed by atoms with Gasteiger partial charge in [-0.1, -0.05) is 20.3 Å². The highest BCUT2D eigenvalue weighted by Crippen LogP contribution is 2.24. The molecular weight excluding hydrogens is 358 g/mol. The molecule has 0 saturated carbocycles. The van der Waals surface area contributed by atoms with Gasteiger partial charge in [-0.05, 0) is 30.9 Å². The van der Waals surface area contributed by atoms with Crippen LogP contribution in [0.15, 0.2) is 29.4 Å². The number of aromatic nitrogens is 1. The summed E-state index contributed by atoms with van der Waals surface area (Å²) in [6.07, 6.45) is 4.17. The summed E-state index contributed by atoms with van der Waals surface area (Å²) in [6, 6.07) is 2.13. The fourth-order valence-corrected chi connectivity index (χ4v) is 4.40. The smallest absolute Gasteiger partial charge is 0.326 e. The number of nitrogens with one attached hydrogen (secondary N) is 1. The highest BCUT2D eigenvalue weighted by Gasteiger charge is 2.34. The Bertz CT molecular complexity index is 730. The summed E-state index contributed by atoms with van der Waals surface area (Å²) in [6.45, 7) is 4.09. The topological polar surface area (TPSA) is 117 Å². The van der Waals surface area contributed by atoms with Crippen molar-refractivity contribution in [3.05, 3.63) is 24.5 Å². The van der Waals surface area contributed by atoms with E-state index in [-0.39, 0.29) is 35.7 Å². The molecule has 1 saturated heterocycles. The zero-order valence-electron chi connectivity index (χ0n) is 15.0. The van der Waals surface area contributed by atoms with Gasteiger partial charge in [0.25, 0.3) is 0 Å². The monoisotopic (exact) mass is 383 g/mol. The Kier molecular flexibility index (Phi) is 6.71. The van der Waals surface area contributed by atoms with Crippen LogP contribution in [0.2, 0.25) is 0 Å². The number of carboxylic acid groups (broad SMARTS) is 1. The minimum atomic E-state index is -3.62. The summed E-state index contributed by atoms with van der Waals surface area (Å²) >= 11 is 0. The van der Waals surface area contributed by atoms with Crippen LogP contribution in [-0.2, 0) is 19.6 Å². The SMILES string of the molecule is CC[C@H](C)[C@H](NC(=O)C1CCN(S(=O)(=O)c2cccnc2)CC1)C(=O)O. The number of rotatable bonds is 7. The molecule has 8 nitrogen and oxygen atoms in total. The molecule has 0 spiro atoms. The third-order valence-electron chi connectivity index (χ3n) is 4.87. The lowest BCUT2D eigenvalue weighted by Crippen LogP contribution is -2.49. The molecule has 2 heterocycles. The quantitative estimate of drug-likeness (QED) is 0.728. The maximum Gasteiger partial charge on any atom is 0.326 e. The van der Waals surface area contributed by atoms with Crippen LogP contribution >= 0.6 is 0 Å². The van der Waals surface area contributed by atoms with Crippen molar-refractivity contribution in [2.45, 2.75) is 44.0 Å². The lowest BCUT2D eigenvalue weighted by Gasteiger charge is -2.31. The molecule has 1 aromatic heterocycles. The average Bonchev–Trinajstić information content (AvgIpc) is 2.65. The Morgan fingerprint density at radius 1 is 1.38 bits per heavy atom. The van der Waals surface area contributed by atoms with E-state index in [2.05, 4.69) is 10.3 Å². The fraction of sp³-hybridized carbons (Fsp3) is 0.588. The summed E-state index contributed by atoms with van der Waals surface area (Å²) in [5.74, 6) is -1.94. The first-order chi connectivity index (χ1) is 12.3. The van der Waals surface area contributed by atoms with Gasteiger partial charge in [-0.3, -0.25) is 9.78 Å². The van der Waals surface area contributed by atoms with Gasteiger partial charge in [-0.15, -0.1) is 0 Å². The van der Waals surface area contributed by atoms with Crippen molar-refractivity contribution in [3.63, 3.8) is 0 Å². The second-order valence-corrected chi connectivity index (χ2v) is 8.52. The Hall–Kier alpha value is -2.00. The molecule has 2 atom stereocenters. The van der Waals surface area contributed by atoms with Crippen LogP contribution in [0.25, 0.3) is 0 Å². The van der Waals surface area contributed by atoms with Crippen LogP contribution in [0.4, 0.5) is 0 Å². The Labute approximate surface area is 153 Å². The maximum atomic E-state index is 12.6. The third kappa shape index (κ3) is 4.59. The van der Waals surface area contributed by atoms with E-state index < -0.39 is 22.0 Å². The van der Waals surface area contributed by atoms with Crippen molar-refractivity contribution in [1.82, 2.24) is 14.6 Å². The van der Waals surface area contributed by atoms with E-state index in [0.29, 0.717) is 19.3 Å². The molecule has 0 unspecified atom stereocenters. The summed E-state index contributed by atoms with van der Waals surface area (Å²) in [5.41, 5.74) is 0. The predicted octanol–water partition coefficient (Wildman–Crippen LogP) is 1.10. The number of hydrogen-bond donors (Lipinski definition) is 2. The molecule has 0 aromatic carbocycles. The number of pyridine rings is 1. The van der Waals surface area contributed by atoms with E-state index in [1.165, 1.54) is 22.8 Å². The lowest BCUT2D eigenvalue weighted by molar-refractivity contribution is -0.144. The van der Waals surface area contributed by atoms with Crippen molar-refractivity contribution in [2.75, 3.05) is 13.1 Å². The van der Waals surface area contributed by atoms with E-state index in [4.69, 9.17) is 0 Å². The molecule has 0 aliphatic carbocycles. The third-order valence-corrected chi connectivity index (χ3v) is 6.76. The van der Waals surface area contributed by atoms with E-state index >= 15 is 0 Å². The van der Waals surface area contributed by atoms with Crippen molar-refractivity contribution < 1.29 is 23.1 Å². The Morgan fingerprint density at radius 3 is 2.54 bits per heavy atom. The van der Waals surface area contributed by atoms with Crippen molar-refractivity contribution >= 4 is 21.9 Å². The van der Waals surface area contributed by atoms with E-state index in [9.17, 15) is 23.1 Å². The molecule has 1 aliphatic heterocycles. The van der Waals surface area contributed by atoms with E-state index in [0.717, 1.165) is 0 Å². The van der Waals surface area contributed by atoms with Crippen LogP contribution in [0.5, 0.6) is 0 Å². The van der Waals surface area contributed by atoms with Crippen LogP contribution in [-0.4, -0.2) is 53.8 Å². The van der Waals surface area contributed by atoms with Crippen LogP contribution in [0.1, 0.15) is 33.1 Å². The molecule has 26 heavy (non-hydrogen) atoms. The Balaban J connectivity index is 1.97. The van der Waals surface area contributed by atoms with Crippen molar-refractivity contribution in [1.29, 1.82) is 0 Å². The number of hydrogen-bond acceptors (Lipinski definition) is 5. The standard InChI is InChI=1S/C17H25N3O5S/c1-3-12(2)15(17(22)23)19-16(21)13-6-9-20(10-7-13)26(24,25)14-5-4-8-18-11-14/h4-5,8,11-13,15H,3,6-7,9-10H2,1-2H3,(H,19,21)(H,22,23)/t12-,15-/m0/s1. The Morgan fingerprint density at radius 2 is 2.04 bits per heavy atom. The largest absolute Gasteiger partial charge is 0.480 e. The average molecular weight is 383 g/mol. The molecule has 0 bridgehead atoms. The maximum absolute atomic E-state index is 12.6. The zero-order chi connectivity index (χ0) is 19.3. The molecule has 0 radical (unpaired) electrons. The first-order valence-corrected chi connectivity index (χ1v) is 10.1. The van der Waals surface area contributed by atoms with Crippen molar-refractivity contribution in [2.24, 2.45) is 11.8 Å². The van der Waals surface area contributed by atoms with Gasteiger partial charge in [-0.2, -0.15) is 4.31 Å². The number of aliphatic carboxylic acids is 1. The number of carbonyl (C=O) groups excluding carboxylic acids is 1. The molecule has 1 aromatic rings. The van der Waals surface area contributed by atoms with Crippen LogP contribution < -0.4 is 5.32 Å². The predicted molar refractivity (Wildman–Crippen MR) is 94.7 cm³/mol. The summed E-state index contributed by atoms with van der Waals surface area (Å²) in [7, 11) is -3.62. The van der Waals surface area contributed by atoms with Gasteiger partial charge in [0, 0.05) is 31.4 Å². The van der Waals surface area contributed by atoms with Crippen molar-refractivity contribution in [3.8, 4) is 0 Å². The molecular formula is C17H25N3O5S. The number of amides is 1. The van der Waals surface area contributed by atoms with Gasteiger partial charge in [0.15, 0.2) is 0 Å². The number of nitrogens with zero attached hydrogens (tertiary/aromatic N) is 2.